The van der Waals surface area contributed by atoms with Crippen molar-refractivity contribution in [3.63, 3.8) is 0 Å². The highest BCUT2D eigenvalue weighted by molar-refractivity contribution is 7.92. The van der Waals surface area contributed by atoms with E-state index in [2.05, 4.69) is 0 Å². The Bertz CT molecular complexity index is 930. The van der Waals surface area contributed by atoms with E-state index in [9.17, 15) is 18.4 Å². The normalized spacial score (nSPS) is 16.6. The van der Waals surface area contributed by atoms with Crippen LogP contribution in [0.15, 0.2) is 47.4 Å². The maximum absolute atomic E-state index is 12.8. The number of hydrogen-bond acceptors (Lipinski definition) is 5. The van der Waals surface area contributed by atoms with Crippen molar-refractivity contribution in [1.82, 2.24) is 0 Å². The molecule has 0 radical (unpaired) electrons. The van der Waals surface area contributed by atoms with Crippen molar-refractivity contribution in [2.24, 2.45) is 0 Å². The lowest BCUT2D eigenvalue weighted by Gasteiger charge is -2.21. The molecule has 132 valence electrons. The summed E-state index contributed by atoms with van der Waals surface area (Å²) in [6.07, 6.45) is 0.106. The zero-order valence-corrected chi connectivity index (χ0v) is 14.7. The van der Waals surface area contributed by atoms with E-state index in [-0.39, 0.29) is 17.0 Å². The lowest BCUT2D eigenvalue weighted by Crippen LogP contribution is -2.36. The van der Waals surface area contributed by atoms with Gasteiger partial charge in [-0.15, -0.1) is 0 Å². The highest BCUT2D eigenvalue weighted by Gasteiger charge is 2.35. The van der Waals surface area contributed by atoms with E-state index in [1.54, 1.807) is 24.3 Å². The van der Waals surface area contributed by atoms with Gasteiger partial charge in [0.2, 0.25) is 0 Å². The van der Waals surface area contributed by atoms with Crippen LogP contribution in [0, 0.1) is 0 Å². The molecule has 7 nitrogen and oxygen atoms in total. The number of hydrogen-bond donors (Lipinski definition) is 2. The van der Waals surface area contributed by atoms with Crippen molar-refractivity contribution < 1.29 is 23.5 Å². The average molecular weight is 383 g/mol. The quantitative estimate of drug-likeness (QED) is 0.842. The van der Waals surface area contributed by atoms with Gasteiger partial charge in [0.1, 0.15) is 0 Å². The fourth-order valence-electron chi connectivity index (χ4n) is 2.69. The van der Waals surface area contributed by atoms with E-state index in [4.69, 9.17) is 16.7 Å². The highest BCUT2D eigenvalue weighted by atomic mass is 35.5. The first kappa shape index (κ1) is 17.5. The second-order valence-corrected chi connectivity index (χ2v) is 8.05. The first-order chi connectivity index (χ1) is 11.7. The molecule has 1 heterocycles. The molecule has 1 atom stereocenters. The minimum absolute atomic E-state index is 0.0474. The van der Waals surface area contributed by atoms with Crippen LogP contribution in [0.3, 0.4) is 0 Å². The number of anilines is 2. The molecule has 1 aliphatic heterocycles. The van der Waals surface area contributed by atoms with Gasteiger partial charge in [-0.3, -0.25) is 9.51 Å². The van der Waals surface area contributed by atoms with E-state index in [0.717, 1.165) is 4.31 Å². The first-order valence-electron chi connectivity index (χ1n) is 7.30. The standard InChI is InChI=1S/C16H15ClN2O5S/c1-18(12-5-3-11(17)4-6-12)25(23,24)13-7-2-10-8-15(16(20)21)19(22)14(10)9-13/h2-7,9,15,22H,8H2,1H3,(H,20,21). The second kappa shape index (κ2) is 6.21. The van der Waals surface area contributed by atoms with Crippen LogP contribution in [-0.2, 0) is 21.2 Å². The Balaban J connectivity index is 1.97. The van der Waals surface area contributed by atoms with Gasteiger partial charge in [-0.1, -0.05) is 17.7 Å². The van der Waals surface area contributed by atoms with E-state index < -0.39 is 22.0 Å². The van der Waals surface area contributed by atoms with Gasteiger partial charge in [-0.2, -0.15) is 0 Å². The number of benzene rings is 2. The summed E-state index contributed by atoms with van der Waals surface area (Å²) in [7, 11) is -2.48. The number of halogens is 1. The lowest BCUT2D eigenvalue weighted by atomic mass is 10.1. The van der Waals surface area contributed by atoms with Gasteiger partial charge in [-0.25, -0.2) is 18.3 Å². The molecule has 0 amide bonds. The molecule has 25 heavy (non-hydrogen) atoms. The summed E-state index contributed by atoms with van der Waals surface area (Å²) in [5, 5.41) is 20.2. The number of aliphatic carboxylic acids is 1. The molecule has 0 aliphatic carbocycles. The molecule has 0 bridgehead atoms. The molecule has 0 saturated carbocycles. The van der Waals surface area contributed by atoms with Gasteiger partial charge in [0.15, 0.2) is 6.04 Å². The number of carboxylic acids is 1. The van der Waals surface area contributed by atoms with Crippen molar-refractivity contribution in [2.45, 2.75) is 17.4 Å². The van der Waals surface area contributed by atoms with Gasteiger partial charge in [0.05, 0.1) is 16.3 Å². The number of fused-ring (bicyclic) bond motifs is 1. The molecule has 0 fully saturated rings. The summed E-state index contributed by atoms with van der Waals surface area (Å²) < 4.78 is 26.7. The number of sulfonamides is 1. The Morgan fingerprint density at radius 2 is 1.88 bits per heavy atom. The van der Waals surface area contributed by atoms with Gasteiger partial charge in [-0.05, 0) is 42.0 Å². The maximum atomic E-state index is 12.8. The predicted octanol–water partition coefficient (Wildman–Crippen LogP) is 2.37. The topological polar surface area (TPSA) is 98.2 Å². The van der Waals surface area contributed by atoms with Crippen LogP contribution < -0.4 is 9.37 Å². The zero-order chi connectivity index (χ0) is 18.4. The SMILES string of the molecule is CN(c1ccc(Cl)cc1)S(=O)(=O)c1ccc2c(c1)N(O)C(C(=O)O)C2. The average Bonchev–Trinajstić information content (AvgIpc) is 2.91. The summed E-state index contributed by atoms with van der Waals surface area (Å²) in [5.74, 6) is -1.18. The summed E-state index contributed by atoms with van der Waals surface area (Å²) in [4.78, 5) is 11.1. The molecule has 3 rings (SSSR count). The summed E-state index contributed by atoms with van der Waals surface area (Å²) in [5.41, 5.74) is 1.18. The molecule has 0 spiro atoms. The fraction of sp³-hybridized carbons (Fsp3) is 0.188. The predicted molar refractivity (Wildman–Crippen MR) is 92.9 cm³/mol. The second-order valence-electron chi connectivity index (χ2n) is 5.64. The Morgan fingerprint density at radius 3 is 2.48 bits per heavy atom. The fourth-order valence-corrected chi connectivity index (χ4v) is 4.03. The van der Waals surface area contributed by atoms with Crippen LogP contribution in [0.1, 0.15) is 5.56 Å². The van der Waals surface area contributed by atoms with Gasteiger partial charge in [0, 0.05) is 18.5 Å². The number of nitrogens with zero attached hydrogens (tertiary/aromatic N) is 2. The van der Waals surface area contributed by atoms with Crippen molar-refractivity contribution in [3.05, 3.63) is 53.1 Å². The Hall–Kier alpha value is -2.29. The van der Waals surface area contributed by atoms with E-state index in [0.29, 0.717) is 21.3 Å². The third-order valence-corrected chi connectivity index (χ3v) is 6.18. The van der Waals surface area contributed by atoms with Gasteiger partial charge < -0.3 is 5.11 Å². The van der Waals surface area contributed by atoms with E-state index >= 15 is 0 Å². The maximum Gasteiger partial charge on any atom is 0.329 e. The summed E-state index contributed by atoms with van der Waals surface area (Å²) in [6, 6.07) is 9.39. The number of carboxylic acid groups (broad SMARTS) is 1. The smallest absolute Gasteiger partial charge is 0.329 e. The third-order valence-electron chi connectivity index (χ3n) is 4.15. The highest BCUT2D eigenvalue weighted by Crippen LogP contribution is 2.34. The van der Waals surface area contributed by atoms with Crippen molar-refractivity contribution >= 4 is 39.0 Å². The molecule has 2 aromatic carbocycles. The number of hydroxylamine groups is 1. The minimum Gasteiger partial charge on any atom is -0.480 e. The van der Waals surface area contributed by atoms with Crippen molar-refractivity contribution in [1.29, 1.82) is 0 Å². The third kappa shape index (κ3) is 3.04. The Labute approximate surface area is 149 Å². The lowest BCUT2D eigenvalue weighted by molar-refractivity contribution is -0.139. The molecule has 1 unspecified atom stereocenters. The number of rotatable bonds is 4. The van der Waals surface area contributed by atoms with E-state index in [1.165, 1.54) is 25.2 Å². The van der Waals surface area contributed by atoms with E-state index in [1.807, 2.05) is 0 Å². The van der Waals surface area contributed by atoms with Gasteiger partial charge in [0.25, 0.3) is 10.0 Å². The van der Waals surface area contributed by atoms with Crippen LogP contribution in [-0.4, -0.2) is 37.8 Å². The molecular formula is C16H15ClN2O5S. The van der Waals surface area contributed by atoms with Crippen LogP contribution in [0.2, 0.25) is 5.02 Å². The molecule has 2 N–H and O–H groups in total. The molecule has 0 aromatic heterocycles. The first-order valence-corrected chi connectivity index (χ1v) is 9.12. The minimum atomic E-state index is -3.88. The number of carbonyl (C=O) groups is 1. The molecule has 9 heteroatoms. The Morgan fingerprint density at radius 1 is 1.24 bits per heavy atom. The molecular weight excluding hydrogens is 368 g/mol. The summed E-state index contributed by atoms with van der Waals surface area (Å²) >= 11 is 5.82. The van der Waals surface area contributed by atoms with Crippen molar-refractivity contribution in [3.8, 4) is 0 Å². The molecule has 0 saturated heterocycles. The van der Waals surface area contributed by atoms with Crippen LogP contribution >= 0.6 is 11.6 Å². The van der Waals surface area contributed by atoms with Crippen LogP contribution in [0.25, 0.3) is 0 Å². The van der Waals surface area contributed by atoms with Gasteiger partial charge >= 0.3 is 5.97 Å². The largest absolute Gasteiger partial charge is 0.480 e. The monoisotopic (exact) mass is 382 g/mol. The zero-order valence-electron chi connectivity index (χ0n) is 13.1. The van der Waals surface area contributed by atoms with Crippen LogP contribution in [0.4, 0.5) is 11.4 Å². The molecule has 2 aromatic rings. The summed E-state index contributed by atoms with van der Waals surface area (Å²) in [6.45, 7) is 0. The molecule has 1 aliphatic rings. The Kier molecular flexibility index (Phi) is 4.36. The van der Waals surface area contributed by atoms with Crippen molar-refractivity contribution in [2.75, 3.05) is 16.4 Å². The van der Waals surface area contributed by atoms with Crippen LogP contribution in [0.5, 0.6) is 0 Å².